The predicted octanol–water partition coefficient (Wildman–Crippen LogP) is 1.26. The maximum absolute atomic E-state index is 11.1. The van der Waals surface area contributed by atoms with E-state index in [0.717, 1.165) is 5.23 Å². The highest BCUT2D eigenvalue weighted by atomic mass is 16.9. The number of hydrogen-bond acceptors (Lipinski definition) is 6. The van der Waals surface area contributed by atoms with Gasteiger partial charge in [0.25, 0.3) is 0 Å². The SMILES string of the molecule is CON(OC)c1ncnc2c(C(=O)O)cccc12. The zero-order valence-corrected chi connectivity index (χ0v) is 9.82. The first-order valence-electron chi connectivity index (χ1n) is 5.04. The van der Waals surface area contributed by atoms with Crippen LogP contribution in [0.25, 0.3) is 10.9 Å². The summed E-state index contributed by atoms with van der Waals surface area (Å²) in [6.07, 6.45) is 1.26. The van der Waals surface area contributed by atoms with Crippen LogP contribution in [0.15, 0.2) is 24.5 Å². The van der Waals surface area contributed by atoms with E-state index in [1.165, 1.54) is 26.6 Å². The first kappa shape index (κ1) is 12.2. The van der Waals surface area contributed by atoms with Crippen LogP contribution < -0.4 is 5.23 Å². The highest BCUT2D eigenvalue weighted by Gasteiger charge is 2.16. The molecule has 18 heavy (non-hydrogen) atoms. The van der Waals surface area contributed by atoms with Crippen molar-refractivity contribution in [1.29, 1.82) is 0 Å². The number of carboxylic acid groups (broad SMARTS) is 1. The van der Waals surface area contributed by atoms with Crippen molar-refractivity contribution in [3.05, 3.63) is 30.1 Å². The molecule has 0 saturated heterocycles. The Morgan fingerprint density at radius 2 is 2.00 bits per heavy atom. The number of carbonyl (C=O) groups is 1. The Labute approximate surface area is 102 Å². The van der Waals surface area contributed by atoms with Crippen molar-refractivity contribution in [2.75, 3.05) is 19.4 Å². The molecular formula is C11H11N3O4. The lowest BCUT2D eigenvalue weighted by atomic mass is 10.1. The van der Waals surface area contributed by atoms with Gasteiger partial charge in [0.2, 0.25) is 0 Å². The number of para-hydroxylation sites is 1. The standard InChI is InChI=1S/C11H11N3O4/c1-17-14(18-2)10-7-4-3-5-8(11(15)16)9(7)12-6-13-10/h3-6H,1-2H3,(H,15,16). The third kappa shape index (κ3) is 1.96. The lowest BCUT2D eigenvalue weighted by molar-refractivity contribution is -0.0445. The number of anilines is 1. The second-order valence-corrected chi connectivity index (χ2v) is 3.33. The van der Waals surface area contributed by atoms with Gasteiger partial charge in [-0.15, -0.1) is 5.23 Å². The highest BCUT2D eigenvalue weighted by Crippen LogP contribution is 2.25. The van der Waals surface area contributed by atoms with Crippen molar-refractivity contribution < 1.29 is 19.6 Å². The summed E-state index contributed by atoms with van der Waals surface area (Å²) < 4.78 is 0. The molecule has 7 heteroatoms. The fraction of sp³-hybridized carbons (Fsp3) is 0.182. The molecule has 1 N–H and O–H groups in total. The Hall–Kier alpha value is -2.25. The van der Waals surface area contributed by atoms with E-state index in [-0.39, 0.29) is 5.56 Å². The summed E-state index contributed by atoms with van der Waals surface area (Å²) in [7, 11) is 2.83. The Morgan fingerprint density at radius 3 is 2.61 bits per heavy atom. The minimum absolute atomic E-state index is 0.100. The Kier molecular flexibility index (Phi) is 3.35. The fourth-order valence-electron chi connectivity index (χ4n) is 1.64. The fourth-order valence-corrected chi connectivity index (χ4v) is 1.64. The van der Waals surface area contributed by atoms with Gasteiger partial charge in [-0.1, -0.05) is 6.07 Å². The summed E-state index contributed by atoms with van der Waals surface area (Å²) in [5, 5.41) is 10.7. The minimum Gasteiger partial charge on any atom is -0.478 e. The van der Waals surface area contributed by atoms with E-state index < -0.39 is 5.97 Å². The van der Waals surface area contributed by atoms with Crippen LogP contribution in [0.1, 0.15) is 10.4 Å². The van der Waals surface area contributed by atoms with Gasteiger partial charge < -0.3 is 5.11 Å². The third-order valence-corrected chi connectivity index (χ3v) is 2.38. The van der Waals surface area contributed by atoms with E-state index in [1.807, 2.05) is 0 Å². The van der Waals surface area contributed by atoms with E-state index in [9.17, 15) is 4.79 Å². The number of nitrogens with zero attached hydrogens (tertiary/aromatic N) is 3. The number of aromatic carboxylic acids is 1. The van der Waals surface area contributed by atoms with Gasteiger partial charge in [-0.25, -0.2) is 14.8 Å². The number of aromatic nitrogens is 2. The second kappa shape index (κ2) is 4.94. The Morgan fingerprint density at radius 1 is 1.28 bits per heavy atom. The Bertz CT molecular complexity index is 584. The maximum atomic E-state index is 11.1. The van der Waals surface area contributed by atoms with Crippen LogP contribution in [0.4, 0.5) is 5.82 Å². The lowest BCUT2D eigenvalue weighted by Crippen LogP contribution is -2.21. The molecule has 2 rings (SSSR count). The molecule has 0 saturated carbocycles. The van der Waals surface area contributed by atoms with E-state index >= 15 is 0 Å². The average Bonchev–Trinajstić information content (AvgIpc) is 2.39. The van der Waals surface area contributed by atoms with Crippen molar-refractivity contribution in [2.45, 2.75) is 0 Å². The molecule has 0 amide bonds. The zero-order valence-electron chi connectivity index (χ0n) is 9.82. The zero-order chi connectivity index (χ0) is 13.1. The molecular weight excluding hydrogens is 238 g/mol. The first-order chi connectivity index (χ1) is 8.69. The molecule has 1 aromatic heterocycles. The molecule has 1 aromatic carbocycles. The quantitative estimate of drug-likeness (QED) is 0.816. The van der Waals surface area contributed by atoms with Gasteiger partial charge in [0.1, 0.15) is 6.33 Å². The topological polar surface area (TPSA) is 84.8 Å². The van der Waals surface area contributed by atoms with Crippen LogP contribution in [0.3, 0.4) is 0 Å². The minimum atomic E-state index is -1.05. The molecule has 0 atom stereocenters. The van der Waals surface area contributed by atoms with Gasteiger partial charge in [0.05, 0.1) is 25.3 Å². The number of benzene rings is 1. The van der Waals surface area contributed by atoms with Gasteiger partial charge in [0, 0.05) is 5.39 Å². The van der Waals surface area contributed by atoms with Crippen molar-refractivity contribution in [3.8, 4) is 0 Å². The molecule has 0 unspecified atom stereocenters. The molecule has 0 aliphatic carbocycles. The van der Waals surface area contributed by atoms with Crippen LogP contribution in [-0.2, 0) is 9.68 Å². The summed E-state index contributed by atoms with van der Waals surface area (Å²) in [5.74, 6) is -0.709. The van der Waals surface area contributed by atoms with Crippen LogP contribution in [-0.4, -0.2) is 35.3 Å². The van der Waals surface area contributed by atoms with Crippen molar-refractivity contribution in [2.24, 2.45) is 0 Å². The van der Waals surface area contributed by atoms with Gasteiger partial charge >= 0.3 is 5.97 Å². The van der Waals surface area contributed by atoms with Crippen molar-refractivity contribution in [1.82, 2.24) is 9.97 Å². The van der Waals surface area contributed by atoms with Gasteiger partial charge in [-0.2, -0.15) is 0 Å². The molecule has 0 spiro atoms. The molecule has 0 fully saturated rings. The molecule has 2 aromatic rings. The molecule has 0 aliphatic rings. The number of rotatable bonds is 4. The molecule has 0 radical (unpaired) electrons. The predicted molar refractivity (Wildman–Crippen MR) is 63.0 cm³/mol. The smallest absolute Gasteiger partial charge is 0.337 e. The average molecular weight is 249 g/mol. The summed E-state index contributed by atoms with van der Waals surface area (Å²) >= 11 is 0. The lowest BCUT2D eigenvalue weighted by Gasteiger charge is -2.18. The number of fused-ring (bicyclic) bond motifs is 1. The normalized spacial score (nSPS) is 10.6. The molecule has 0 bridgehead atoms. The van der Waals surface area contributed by atoms with E-state index in [2.05, 4.69) is 9.97 Å². The number of carboxylic acids is 1. The van der Waals surface area contributed by atoms with E-state index in [0.29, 0.717) is 16.7 Å². The van der Waals surface area contributed by atoms with Crippen LogP contribution in [0.2, 0.25) is 0 Å². The van der Waals surface area contributed by atoms with Crippen LogP contribution in [0.5, 0.6) is 0 Å². The first-order valence-corrected chi connectivity index (χ1v) is 5.04. The third-order valence-electron chi connectivity index (χ3n) is 2.38. The highest BCUT2D eigenvalue weighted by molar-refractivity contribution is 6.04. The van der Waals surface area contributed by atoms with Crippen molar-refractivity contribution >= 4 is 22.7 Å². The summed E-state index contributed by atoms with van der Waals surface area (Å²) in [4.78, 5) is 29.0. The van der Waals surface area contributed by atoms with E-state index in [4.69, 9.17) is 14.8 Å². The van der Waals surface area contributed by atoms with Gasteiger partial charge in [-0.3, -0.25) is 9.68 Å². The molecule has 1 heterocycles. The molecule has 7 nitrogen and oxygen atoms in total. The maximum Gasteiger partial charge on any atom is 0.337 e. The van der Waals surface area contributed by atoms with E-state index in [1.54, 1.807) is 12.1 Å². The van der Waals surface area contributed by atoms with Crippen LogP contribution in [0, 0.1) is 0 Å². The monoisotopic (exact) mass is 249 g/mol. The largest absolute Gasteiger partial charge is 0.478 e. The number of hydrogen-bond donors (Lipinski definition) is 1. The van der Waals surface area contributed by atoms with Gasteiger partial charge in [-0.05, 0) is 12.1 Å². The van der Waals surface area contributed by atoms with Gasteiger partial charge in [0.15, 0.2) is 5.82 Å². The van der Waals surface area contributed by atoms with Crippen LogP contribution >= 0.6 is 0 Å². The summed E-state index contributed by atoms with van der Waals surface area (Å²) in [5.41, 5.74) is 0.428. The summed E-state index contributed by atoms with van der Waals surface area (Å²) in [6.45, 7) is 0. The Balaban J connectivity index is 2.71. The van der Waals surface area contributed by atoms with Crippen molar-refractivity contribution in [3.63, 3.8) is 0 Å². The molecule has 94 valence electrons. The second-order valence-electron chi connectivity index (χ2n) is 3.33. The summed E-state index contributed by atoms with van der Waals surface area (Å²) in [6, 6.07) is 4.79. The molecule has 0 aliphatic heterocycles.